The molecule has 1 amide bonds. The molecule has 1 aliphatic heterocycles. The molecule has 0 bridgehead atoms. The quantitative estimate of drug-likeness (QED) is 0.928. The van der Waals surface area contributed by atoms with E-state index in [-0.39, 0.29) is 11.9 Å². The molecule has 2 aromatic rings. The smallest absolute Gasteiger partial charge is 0.229 e. The van der Waals surface area contributed by atoms with Crippen LogP contribution in [0.5, 0.6) is 0 Å². The van der Waals surface area contributed by atoms with Crippen LogP contribution in [0.3, 0.4) is 0 Å². The van der Waals surface area contributed by atoms with E-state index < -0.39 is 0 Å². The van der Waals surface area contributed by atoms with Crippen LogP contribution in [0.2, 0.25) is 0 Å². The predicted octanol–water partition coefficient (Wildman–Crippen LogP) is 3.77. The Labute approximate surface area is 125 Å². The number of aryl methyl sites for hydroxylation is 1. The van der Waals surface area contributed by atoms with Gasteiger partial charge in [-0.2, -0.15) is 0 Å². The van der Waals surface area contributed by atoms with Crippen molar-refractivity contribution in [3.63, 3.8) is 0 Å². The molecule has 0 aromatic heterocycles. The molecule has 21 heavy (non-hydrogen) atoms. The molecule has 0 saturated carbocycles. The van der Waals surface area contributed by atoms with Gasteiger partial charge in [0.1, 0.15) is 0 Å². The van der Waals surface area contributed by atoms with Gasteiger partial charge in [-0.1, -0.05) is 43.3 Å². The minimum Gasteiger partial charge on any atom is -0.377 e. The Balaban J connectivity index is 1.96. The van der Waals surface area contributed by atoms with Crippen molar-refractivity contribution in [1.82, 2.24) is 0 Å². The largest absolute Gasteiger partial charge is 0.377 e. The Morgan fingerprint density at radius 1 is 1.14 bits per heavy atom. The van der Waals surface area contributed by atoms with Crippen molar-refractivity contribution < 1.29 is 4.79 Å². The second-order valence-corrected chi connectivity index (χ2v) is 5.42. The van der Waals surface area contributed by atoms with Gasteiger partial charge in [-0.3, -0.25) is 4.79 Å². The zero-order valence-electron chi connectivity index (χ0n) is 12.5. The molecule has 0 spiro atoms. The van der Waals surface area contributed by atoms with E-state index >= 15 is 0 Å². The Morgan fingerprint density at radius 3 is 2.67 bits per heavy atom. The van der Waals surface area contributed by atoms with Gasteiger partial charge in [0.2, 0.25) is 5.91 Å². The molecule has 0 aliphatic carbocycles. The number of nitrogens with one attached hydrogen (secondary N) is 1. The number of hydrogen-bond donors (Lipinski definition) is 1. The number of fused-ring (bicyclic) bond motifs is 1. The third-order valence-corrected chi connectivity index (χ3v) is 4.15. The topological polar surface area (TPSA) is 32.3 Å². The van der Waals surface area contributed by atoms with E-state index in [2.05, 4.69) is 36.5 Å². The maximum atomic E-state index is 12.2. The van der Waals surface area contributed by atoms with Gasteiger partial charge in [-0.15, -0.1) is 0 Å². The Kier molecular flexibility index (Phi) is 3.65. The molecule has 1 heterocycles. The van der Waals surface area contributed by atoms with Gasteiger partial charge >= 0.3 is 0 Å². The standard InChI is InChI=1S/C18H20N2O/c1-3-13-8-4-6-10-15(13)19-16-12-18(21)20(2)17-11-7-5-9-14(16)17/h4-11,16,19H,3,12H2,1-2H3. The molecule has 3 rings (SSSR count). The lowest BCUT2D eigenvalue weighted by molar-refractivity contribution is -0.118. The second-order valence-electron chi connectivity index (χ2n) is 5.42. The fraction of sp³-hybridized carbons (Fsp3) is 0.278. The molecule has 0 fully saturated rings. The van der Waals surface area contributed by atoms with E-state index in [4.69, 9.17) is 0 Å². The van der Waals surface area contributed by atoms with Gasteiger partial charge in [0.05, 0.1) is 12.5 Å². The lowest BCUT2D eigenvalue weighted by Gasteiger charge is -2.33. The SMILES string of the molecule is CCc1ccccc1NC1CC(=O)N(C)c2ccccc21. The number of rotatable bonds is 3. The lowest BCUT2D eigenvalue weighted by Crippen LogP contribution is -2.35. The number of benzene rings is 2. The predicted molar refractivity (Wildman–Crippen MR) is 86.7 cm³/mol. The van der Waals surface area contributed by atoms with Crippen molar-refractivity contribution in [2.45, 2.75) is 25.8 Å². The fourth-order valence-corrected chi connectivity index (χ4v) is 2.93. The zero-order valence-corrected chi connectivity index (χ0v) is 12.5. The Hall–Kier alpha value is -2.29. The molecule has 1 N–H and O–H groups in total. The maximum Gasteiger partial charge on any atom is 0.229 e. The maximum absolute atomic E-state index is 12.2. The normalized spacial score (nSPS) is 17.5. The molecule has 3 heteroatoms. The number of amides is 1. The highest BCUT2D eigenvalue weighted by Crippen LogP contribution is 2.36. The summed E-state index contributed by atoms with van der Waals surface area (Å²) in [5, 5.41) is 3.56. The number of carbonyl (C=O) groups excluding carboxylic acids is 1. The number of nitrogens with zero attached hydrogens (tertiary/aromatic N) is 1. The van der Waals surface area contributed by atoms with Crippen LogP contribution in [0.25, 0.3) is 0 Å². The zero-order chi connectivity index (χ0) is 14.8. The Bertz CT molecular complexity index is 666. The summed E-state index contributed by atoms with van der Waals surface area (Å²) in [5.41, 5.74) is 4.59. The molecule has 1 atom stereocenters. The first kappa shape index (κ1) is 13.7. The van der Waals surface area contributed by atoms with Gasteiger partial charge in [0.25, 0.3) is 0 Å². The van der Waals surface area contributed by atoms with E-state index in [0.717, 1.165) is 17.8 Å². The third kappa shape index (κ3) is 2.51. The van der Waals surface area contributed by atoms with Gasteiger partial charge in [0.15, 0.2) is 0 Å². The summed E-state index contributed by atoms with van der Waals surface area (Å²) in [4.78, 5) is 13.9. The average molecular weight is 280 g/mol. The molecule has 0 radical (unpaired) electrons. The summed E-state index contributed by atoms with van der Waals surface area (Å²) in [6.45, 7) is 2.15. The van der Waals surface area contributed by atoms with E-state index in [1.165, 1.54) is 11.1 Å². The summed E-state index contributed by atoms with van der Waals surface area (Å²) < 4.78 is 0. The second kappa shape index (κ2) is 5.60. The Morgan fingerprint density at radius 2 is 1.86 bits per heavy atom. The molecule has 3 nitrogen and oxygen atoms in total. The number of para-hydroxylation sites is 2. The summed E-state index contributed by atoms with van der Waals surface area (Å²) in [6.07, 6.45) is 1.47. The molecule has 1 aliphatic rings. The minimum absolute atomic E-state index is 0.0394. The molecular weight excluding hydrogens is 260 g/mol. The van der Waals surface area contributed by atoms with Crippen LogP contribution in [-0.4, -0.2) is 13.0 Å². The van der Waals surface area contributed by atoms with Crippen LogP contribution in [0.15, 0.2) is 48.5 Å². The van der Waals surface area contributed by atoms with Crippen molar-refractivity contribution in [2.24, 2.45) is 0 Å². The first-order valence-electron chi connectivity index (χ1n) is 7.40. The van der Waals surface area contributed by atoms with E-state index in [1.807, 2.05) is 31.3 Å². The van der Waals surface area contributed by atoms with Crippen LogP contribution < -0.4 is 10.2 Å². The highest BCUT2D eigenvalue weighted by Gasteiger charge is 2.28. The third-order valence-electron chi connectivity index (χ3n) is 4.15. The van der Waals surface area contributed by atoms with Crippen molar-refractivity contribution in [1.29, 1.82) is 0 Å². The van der Waals surface area contributed by atoms with Crippen LogP contribution in [-0.2, 0) is 11.2 Å². The van der Waals surface area contributed by atoms with Gasteiger partial charge in [0, 0.05) is 18.4 Å². The van der Waals surface area contributed by atoms with Crippen molar-refractivity contribution in [3.05, 3.63) is 59.7 Å². The number of anilines is 2. The summed E-state index contributed by atoms with van der Waals surface area (Å²) in [6, 6.07) is 16.5. The molecule has 108 valence electrons. The summed E-state index contributed by atoms with van der Waals surface area (Å²) in [7, 11) is 1.84. The van der Waals surface area contributed by atoms with Crippen LogP contribution in [0, 0.1) is 0 Å². The van der Waals surface area contributed by atoms with Crippen molar-refractivity contribution >= 4 is 17.3 Å². The molecule has 0 saturated heterocycles. The van der Waals surface area contributed by atoms with E-state index in [9.17, 15) is 4.79 Å². The molecular formula is C18H20N2O. The monoisotopic (exact) mass is 280 g/mol. The van der Waals surface area contributed by atoms with Gasteiger partial charge in [-0.05, 0) is 29.7 Å². The highest BCUT2D eigenvalue weighted by atomic mass is 16.2. The number of carbonyl (C=O) groups is 1. The van der Waals surface area contributed by atoms with Gasteiger partial charge < -0.3 is 10.2 Å². The van der Waals surface area contributed by atoms with E-state index in [1.54, 1.807) is 4.90 Å². The molecule has 2 aromatic carbocycles. The first-order valence-corrected chi connectivity index (χ1v) is 7.40. The first-order chi connectivity index (χ1) is 10.2. The van der Waals surface area contributed by atoms with Crippen LogP contribution in [0.4, 0.5) is 11.4 Å². The lowest BCUT2D eigenvalue weighted by atomic mass is 9.95. The van der Waals surface area contributed by atoms with Crippen LogP contribution >= 0.6 is 0 Å². The van der Waals surface area contributed by atoms with Crippen LogP contribution in [0.1, 0.15) is 30.5 Å². The summed E-state index contributed by atoms with van der Waals surface area (Å²) in [5.74, 6) is 0.153. The number of hydrogen-bond acceptors (Lipinski definition) is 2. The van der Waals surface area contributed by atoms with Gasteiger partial charge in [-0.25, -0.2) is 0 Å². The van der Waals surface area contributed by atoms with Crippen molar-refractivity contribution in [3.8, 4) is 0 Å². The van der Waals surface area contributed by atoms with E-state index in [0.29, 0.717) is 6.42 Å². The highest BCUT2D eigenvalue weighted by molar-refractivity contribution is 5.97. The minimum atomic E-state index is 0.0394. The summed E-state index contributed by atoms with van der Waals surface area (Å²) >= 11 is 0. The van der Waals surface area contributed by atoms with Crippen molar-refractivity contribution in [2.75, 3.05) is 17.3 Å². The fourth-order valence-electron chi connectivity index (χ4n) is 2.93. The average Bonchev–Trinajstić information content (AvgIpc) is 2.53. The molecule has 1 unspecified atom stereocenters.